The molecule has 14 unspecified atom stereocenters. The Morgan fingerprint density at radius 3 is 2.45 bits per heavy atom. The molecule has 11 nitrogen and oxygen atoms in total. The number of hydrogen-bond acceptors (Lipinski definition) is 11. The fourth-order valence-electron chi connectivity index (χ4n) is 14.9. The Bertz CT molecular complexity index is 1390. The maximum absolute atomic E-state index is 12.5. The van der Waals surface area contributed by atoms with Crippen molar-refractivity contribution in [2.45, 2.75) is 148 Å². The first-order valence-electron chi connectivity index (χ1n) is 21.1. The quantitative estimate of drug-likeness (QED) is 0.282. The van der Waals surface area contributed by atoms with Crippen LogP contribution in [0.25, 0.3) is 0 Å². The Morgan fingerprint density at radius 2 is 1.75 bits per heavy atom. The molecule has 0 amide bonds. The summed E-state index contributed by atoms with van der Waals surface area (Å²) in [6.07, 6.45) is 5.63. The van der Waals surface area contributed by atoms with Gasteiger partial charge in [0.15, 0.2) is 12.4 Å². The van der Waals surface area contributed by atoms with Gasteiger partial charge in [0, 0.05) is 53.3 Å². The summed E-state index contributed by atoms with van der Waals surface area (Å²) < 4.78 is 31.0. The zero-order chi connectivity index (χ0) is 37.9. The van der Waals surface area contributed by atoms with Gasteiger partial charge in [0.05, 0.1) is 48.8 Å². The molecule has 3 saturated heterocycles. The van der Waals surface area contributed by atoms with Crippen molar-refractivity contribution in [2.75, 3.05) is 59.6 Å². The van der Waals surface area contributed by atoms with Crippen molar-refractivity contribution in [3.8, 4) is 0 Å². The number of rotatable bonds is 10. The highest BCUT2D eigenvalue weighted by Gasteiger charge is 2.85. The molecule has 0 aromatic heterocycles. The lowest BCUT2D eigenvalue weighted by Crippen LogP contribution is -2.70. The van der Waals surface area contributed by atoms with Crippen LogP contribution in [0.3, 0.4) is 0 Å². The molecular weight excluding hydrogens is 674 g/mol. The number of nitrogens with two attached hydrogens (primary N) is 1. The topological polar surface area (TPSA) is 136 Å². The van der Waals surface area contributed by atoms with Crippen LogP contribution in [0.5, 0.6) is 0 Å². The van der Waals surface area contributed by atoms with Crippen molar-refractivity contribution < 1.29 is 38.7 Å². The molecule has 5 saturated carbocycles. The first-order chi connectivity index (χ1) is 24.9. The molecule has 14 atom stereocenters. The number of nitrogens with zero attached hydrogens (tertiary/aromatic N) is 2. The number of hydrogen-bond donors (Lipinski definition) is 3. The van der Waals surface area contributed by atoms with Gasteiger partial charge in [0.25, 0.3) is 0 Å². The van der Waals surface area contributed by atoms with Gasteiger partial charge < -0.3 is 44.5 Å². The van der Waals surface area contributed by atoms with Gasteiger partial charge in [-0.1, -0.05) is 27.7 Å². The Morgan fingerprint density at radius 1 is 1.04 bits per heavy atom. The van der Waals surface area contributed by atoms with Crippen LogP contribution in [0, 0.1) is 51.2 Å². The Balaban J connectivity index is 0.957. The molecule has 8 fully saturated rings. The number of esters is 1. The predicted molar refractivity (Wildman–Crippen MR) is 200 cm³/mol. The molecule has 302 valence electrons. The third kappa shape index (κ3) is 5.85. The molecule has 5 aliphatic carbocycles. The second-order valence-electron chi connectivity index (χ2n) is 20.7. The van der Waals surface area contributed by atoms with Gasteiger partial charge in [-0.05, 0) is 116 Å². The van der Waals surface area contributed by atoms with E-state index in [1.165, 1.54) is 13.3 Å². The monoisotopic (exact) mass is 746 g/mol. The number of carbonyl (C=O) groups is 1. The first-order valence-corrected chi connectivity index (χ1v) is 21.1. The maximum Gasteiger partial charge on any atom is 0.303 e. The van der Waals surface area contributed by atoms with E-state index in [1.54, 1.807) is 21.0 Å². The van der Waals surface area contributed by atoms with Crippen molar-refractivity contribution in [3.63, 3.8) is 0 Å². The second-order valence-corrected chi connectivity index (χ2v) is 20.7. The van der Waals surface area contributed by atoms with Crippen molar-refractivity contribution in [1.82, 2.24) is 9.80 Å². The molecule has 3 heterocycles. The number of aliphatic hydroxyl groups excluding tert-OH is 1. The lowest BCUT2D eigenvalue weighted by Gasteiger charge is -2.63. The normalized spacial score (nSPS) is 48.7. The summed E-state index contributed by atoms with van der Waals surface area (Å²) in [5, 5.41) is 23.6. The standard InChI is InChI=1S/C42H71N3O8/c1-25-19-28(36(38(5,6)48)51-26(2)46)52-34-33(25)39(7)13-14-41-24-40(41)12-11-31(37(3,4)29(40)9-10-30(41)42(39,43)35(34)47)53-32-23-45(16-18-50-32)22-27-20-44(21-27)15-17-49-8/h25,27-36,47-48H,9-24,43H2,1-8H3. The smallest absolute Gasteiger partial charge is 0.303 e. The number of morpholine rings is 1. The number of ether oxygens (including phenoxy) is 5. The molecule has 0 bridgehead atoms. The zero-order valence-electron chi connectivity index (χ0n) is 34.0. The number of fused-ring (bicyclic) bond motifs is 4. The van der Waals surface area contributed by atoms with Crippen LogP contribution in [0.15, 0.2) is 0 Å². The molecule has 2 spiro atoms. The van der Waals surface area contributed by atoms with E-state index in [0.717, 1.165) is 91.0 Å². The molecule has 8 rings (SSSR count). The van der Waals surface area contributed by atoms with Crippen LogP contribution >= 0.6 is 0 Å². The van der Waals surface area contributed by atoms with Crippen molar-refractivity contribution in [3.05, 3.63) is 0 Å². The van der Waals surface area contributed by atoms with E-state index in [9.17, 15) is 15.0 Å². The summed E-state index contributed by atoms with van der Waals surface area (Å²) >= 11 is 0. The zero-order valence-corrected chi connectivity index (χ0v) is 34.0. The lowest BCUT2D eigenvalue weighted by molar-refractivity contribution is -0.247. The van der Waals surface area contributed by atoms with Gasteiger partial charge in [0.1, 0.15) is 0 Å². The molecule has 4 N–H and O–H groups in total. The number of likely N-dealkylation sites (tertiary alicyclic amines) is 1. The Hall–Kier alpha value is -0.890. The highest BCUT2D eigenvalue weighted by Crippen LogP contribution is 2.87. The predicted octanol–water partition coefficient (Wildman–Crippen LogP) is 3.82. The van der Waals surface area contributed by atoms with Crippen LogP contribution in [-0.2, 0) is 28.5 Å². The SMILES string of the molecule is COCCN1CC(CN2CCOC(OC3CCC45CC46CCC4(C)C7C(C)CC(C(OC(C)=O)C(C)(C)O)OC7C(O)C4(N)C6CCC5C3(C)C)C2)C1. The van der Waals surface area contributed by atoms with Crippen LogP contribution in [0.2, 0.25) is 0 Å². The summed E-state index contributed by atoms with van der Waals surface area (Å²) in [5.41, 5.74) is 5.86. The van der Waals surface area contributed by atoms with E-state index in [0.29, 0.717) is 18.3 Å². The third-order valence-electron chi connectivity index (χ3n) is 17.2. The summed E-state index contributed by atoms with van der Waals surface area (Å²) in [6, 6.07) is 0. The van der Waals surface area contributed by atoms with E-state index >= 15 is 0 Å². The van der Waals surface area contributed by atoms with E-state index in [-0.39, 0.29) is 51.8 Å². The highest BCUT2D eigenvalue weighted by atomic mass is 16.7. The van der Waals surface area contributed by atoms with Gasteiger partial charge in [-0.25, -0.2) is 0 Å². The molecular formula is C42H71N3O8. The van der Waals surface area contributed by atoms with E-state index in [1.807, 2.05) is 0 Å². The fourth-order valence-corrected chi connectivity index (χ4v) is 14.9. The average molecular weight is 746 g/mol. The summed E-state index contributed by atoms with van der Waals surface area (Å²) in [7, 11) is 1.77. The minimum Gasteiger partial charge on any atom is -0.457 e. The maximum atomic E-state index is 12.5. The van der Waals surface area contributed by atoms with Crippen LogP contribution in [-0.4, -0.2) is 134 Å². The first kappa shape index (κ1) is 39.0. The average Bonchev–Trinajstić information content (AvgIpc) is 3.70. The minimum atomic E-state index is -1.28. The van der Waals surface area contributed by atoms with Gasteiger partial charge in [-0.15, -0.1) is 0 Å². The molecule has 0 radical (unpaired) electrons. The van der Waals surface area contributed by atoms with E-state index < -0.39 is 41.5 Å². The highest BCUT2D eigenvalue weighted by molar-refractivity contribution is 5.66. The molecule has 0 aromatic carbocycles. The molecule has 8 aliphatic rings. The van der Waals surface area contributed by atoms with E-state index in [4.69, 9.17) is 29.4 Å². The van der Waals surface area contributed by atoms with Gasteiger partial charge in [-0.2, -0.15) is 0 Å². The third-order valence-corrected chi connectivity index (χ3v) is 17.2. The Labute approximate surface area is 318 Å². The number of methoxy groups -OCH3 is 1. The number of carbonyl (C=O) groups excluding carboxylic acids is 1. The fraction of sp³-hybridized carbons (Fsp3) is 0.976. The summed E-state index contributed by atoms with van der Waals surface area (Å²) in [5.74, 6) is 1.32. The van der Waals surface area contributed by atoms with Crippen molar-refractivity contribution in [2.24, 2.45) is 57.0 Å². The Kier molecular flexibility index (Phi) is 9.80. The van der Waals surface area contributed by atoms with E-state index in [2.05, 4.69) is 37.5 Å². The van der Waals surface area contributed by atoms with Crippen LogP contribution in [0.1, 0.15) is 99.8 Å². The number of aliphatic hydroxyl groups is 2. The molecule has 53 heavy (non-hydrogen) atoms. The van der Waals surface area contributed by atoms with Gasteiger partial charge in [0.2, 0.25) is 0 Å². The summed E-state index contributed by atoms with van der Waals surface area (Å²) in [6.45, 7) is 22.0. The molecule has 0 aromatic rings. The van der Waals surface area contributed by atoms with Crippen molar-refractivity contribution in [1.29, 1.82) is 0 Å². The second kappa shape index (κ2) is 13.3. The minimum absolute atomic E-state index is 0.00659. The molecule has 11 heteroatoms. The van der Waals surface area contributed by atoms with Crippen LogP contribution < -0.4 is 5.73 Å². The largest absolute Gasteiger partial charge is 0.457 e. The van der Waals surface area contributed by atoms with Gasteiger partial charge in [-0.3, -0.25) is 9.69 Å². The summed E-state index contributed by atoms with van der Waals surface area (Å²) in [4.78, 5) is 17.2. The van der Waals surface area contributed by atoms with Crippen LogP contribution in [0.4, 0.5) is 0 Å². The molecule has 3 aliphatic heterocycles. The van der Waals surface area contributed by atoms with Gasteiger partial charge >= 0.3 is 5.97 Å². The van der Waals surface area contributed by atoms with Crippen molar-refractivity contribution >= 4 is 5.97 Å². The lowest BCUT2D eigenvalue weighted by atomic mass is 9.43.